The number of nitrogens with zero attached hydrogens (tertiary/aromatic N) is 1. The maximum Gasteiger partial charge on any atom is 0.310 e. The molecule has 2 aromatic carbocycles. The van der Waals surface area contributed by atoms with E-state index in [1.54, 1.807) is 42.2 Å². The number of rotatable bonds is 7. The largest absolute Gasteiger partial charge is 0.484 e. The first-order valence-electron chi connectivity index (χ1n) is 9.89. The fraction of sp³-hybridized carbons (Fsp3) is 0.364. The van der Waals surface area contributed by atoms with Crippen LogP contribution in [0, 0.1) is 5.92 Å². The molecule has 1 atom stereocenters. The highest BCUT2D eigenvalue weighted by Crippen LogP contribution is 2.23. The van der Waals surface area contributed by atoms with Crippen molar-refractivity contribution in [3.8, 4) is 5.75 Å². The third-order valence-electron chi connectivity index (χ3n) is 4.94. The molecule has 0 radical (unpaired) electrons. The Labute approximate surface area is 176 Å². The van der Waals surface area contributed by atoms with E-state index in [2.05, 4.69) is 0 Å². The van der Waals surface area contributed by atoms with Crippen LogP contribution < -0.4 is 4.74 Å². The van der Waals surface area contributed by atoms with Gasteiger partial charge in [-0.3, -0.25) is 9.59 Å². The van der Waals surface area contributed by atoms with Crippen molar-refractivity contribution in [2.75, 3.05) is 26.3 Å². The highest BCUT2D eigenvalue weighted by atomic mass is 32.2. The van der Waals surface area contributed by atoms with Crippen LogP contribution in [0.3, 0.4) is 0 Å². The summed E-state index contributed by atoms with van der Waals surface area (Å²) in [6.07, 6.45) is 1.45. The molecular weight excluding hydrogens is 406 g/mol. The molecule has 30 heavy (non-hydrogen) atoms. The Morgan fingerprint density at radius 3 is 2.37 bits per heavy atom. The zero-order chi connectivity index (χ0) is 21.6. The molecule has 1 saturated heterocycles. The lowest BCUT2D eigenvalue weighted by Crippen LogP contribution is -2.44. The van der Waals surface area contributed by atoms with Gasteiger partial charge in [-0.1, -0.05) is 18.2 Å². The molecule has 1 fully saturated rings. The minimum atomic E-state index is -3.60. The number of piperidine rings is 1. The van der Waals surface area contributed by atoms with E-state index in [0.717, 1.165) is 6.42 Å². The second-order valence-corrected chi connectivity index (χ2v) is 8.96. The smallest absolute Gasteiger partial charge is 0.310 e. The Hall–Kier alpha value is -2.87. The first-order valence-corrected chi connectivity index (χ1v) is 11.4. The molecule has 1 heterocycles. The van der Waals surface area contributed by atoms with E-state index in [4.69, 9.17) is 9.47 Å². The summed E-state index contributed by atoms with van der Waals surface area (Å²) in [5, 5.41) is 0. The number of carbonyl (C=O) groups is 2. The minimum absolute atomic E-state index is 0.153. The number of sulfone groups is 1. The lowest BCUT2D eigenvalue weighted by atomic mass is 9.98. The van der Waals surface area contributed by atoms with Crippen LogP contribution >= 0.6 is 0 Å². The van der Waals surface area contributed by atoms with Crippen molar-refractivity contribution in [1.82, 2.24) is 4.90 Å². The number of likely N-dealkylation sites (tertiary alicyclic amines) is 1. The molecule has 7 nitrogen and oxygen atoms in total. The van der Waals surface area contributed by atoms with Gasteiger partial charge in [0.2, 0.25) is 9.84 Å². The Morgan fingerprint density at radius 1 is 1.03 bits per heavy atom. The van der Waals surface area contributed by atoms with Crippen molar-refractivity contribution in [2.24, 2.45) is 5.92 Å². The number of ether oxygens (including phenoxy) is 2. The monoisotopic (exact) mass is 431 g/mol. The predicted octanol–water partition coefficient (Wildman–Crippen LogP) is 2.70. The van der Waals surface area contributed by atoms with Crippen molar-refractivity contribution in [3.63, 3.8) is 0 Å². The fourth-order valence-corrected chi connectivity index (χ4v) is 4.63. The van der Waals surface area contributed by atoms with Crippen LogP contribution in [0.4, 0.5) is 0 Å². The quantitative estimate of drug-likeness (QED) is 0.626. The van der Waals surface area contributed by atoms with Crippen LogP contribution in [0.1, 0.15) is 19.8 Å². The average Bonchev–Trinajstić information content (AvgIpc) is 2.78. The molecule has 1 aliphatic heterocycles. The Kier molecular flexibility index (Phi) is 7.10. The second-order valence-electron chi connectivity index (χ2n) is 7.01. The minimum Gasteiger partial charge on any atom is -0.484 e. The third-order valence-corrected chi connectivity index (χ3v) is 6.73. The number of hydrogen-bond donors (Lipinski definition) is 0. The van der Waals surface area contributed by atoms with Gasteiger partial charge in [0.25, 0.3) is 5.91 Å². The summed E-state index contributed by atoms with van der Waals surface area (Å²) < 4.78 is 35.8. The summed E-state index contributed by atoms with van der Waals surface area (Å²) in [6.45, 7) is 2.80. The lowest BCUT2D eigenvalue weighted by Gasteiger charge is -2.31. The van der Waals surface area contributed by atoms with Crippen molar-refractivity contribution in [3.05, 3.63) is 54.6 Å². The molecule has 1 aliphatic rings. The van der Waals surface area contributed by atoms with E-state index in [1.807, 2.05) is 0 Å². The Morgan fingerprint density at radius 2 is 1.70 bits per heavy atom. The highest BCUT2D eigenvalue weighted by Gasteiger charge is 2.29. The number of hydrogen-bond acceptors (Lipinski definition) is 6. The van der Waals surface area contributed by atoms with Crippen LogP contribution in [-0.4, -0.2) is 51.5 Å². The average molecular weight is 432 g/mol. The molecule has 0 saturated carbocycles. The van der Waals surface area contributed by atoms with Gasteiger partial charge < -0.3 is 14.4 Å². The van der Waals surface area contributed by atoms with E-state index in [9.17, 15) is 18.0 Å². The first-order chi connectivity index (χ1) is 14.4. The van der Waals surface area contributed by atoms with Gasteiger partial charge in [-0.15, -0.1) is 0 Å². The predicted molar refractivity (Wildman–Crippen MR) is 110 cm³/mol. The molecule has 1 unspecified atom stereocenters. The van der Waals surface area contributed by atoms with Gasteiger partial charge in [0.05, 0.1) is 22.3 Å². The summed E-state index contributed by atoms with van der Waals surface area (Å²) in [6, 6.07) is 14.2. The summed E-state index contributed by atoms with van der Waals surface area (Å²) in [7, 11) is -3.60. The van der Waals surface area contributed by atoms with Crippen LogP contribution in [0.5, 0.6) is 5.75 Å². The topological polar surface area (TPSA) is 90.0 Å². The van der Waals surface area contributed by atoms with E-state index in [1.165, 1.54) is 24.3 Å². The molecular formula is C22H25NO6S. The number of amides is 1. The third kappa shape index (κ3) is 5.18. The second kappa shape index (κ2) is 9.75. The molecule has 0 bridgehead atoms. The molecule has 160 valence electrons. The standard InChI is InChI=1S/C22H25NO6S/c1-2-28-22(25)17-7-6-14-23(15-17)21(24)16-29-18-10-12-20(13-11-18)30(26,27)19-8-4-3-5-9-19/h3-5,8-13,17H,2,6-7,14-16H2,1H3. The summed E-state index contributed by atoms with van der Waals surface area (Å²) in [5.41, 5.74) is 0. The van der Waals surface area contributed by atoms with Crippen molar-refractivity contribution < 1.29 is 27.5 Å². The van der Waals surface area contributed by atoms with E-state index in [0.29, 0.717) is 31.9 Å². The van der Waals surface area contributed by atoms with Crippen molar-refractivity contribution in [1.29, 1.82) is 0 Å². The molecule has 0 aromatic heterocycles. The molecule has 0 N–H and O–H groups in total. The number of carbonyl (C=O) groups excluding carboxylic acids is 2. The normalized spacial score (nSPS) is 16.7. The molecule has 3 rings (SSSR count). The van der Waals surface area contributed by atoms with Gasteiger partial charge in [-0.05, 0) is 56.2 Å². The number of esters is 1. The van der Waals surface area contributed by atoms with E-state index >= 15 is 0 Å². The van der Waals surface area contributed by atoms with Gasteiger partial charge in [0.15, 0.2) is 6.61 Å². The Balaban J connectivity index is 1.57. The van der Waals surface area contributed by atoms with Gasteiger partial charge in [-0.25, -0.2) is 8.42 Å². The first kappa shape index (κ1) is 21.8. The lowest BCUT2D eigenvalue weighted by molar-refractivity contribution is -0.151. The van der Waals surface area contributed by atoms with Crippen LogP contribution in [-0.2, 0) is 24.2 Å². The molecule has 1 amide bonds. The zero-order valence-electron chi connectivity index (χ0n) is 16.8. The fourth-order valence-electron chi connectivity index (χ4n) is 3.34. The maximum absolute atomic E-state index is 12.6. The van der Waals surface area contributed by atoms with Gasteiger partial charge >= 0.3 is 5.97 Å². The highest BCUT2D eigenvalue weighted by molar-refractivity contribution is 7.91. The van der Waals surface area contributed by atoms with E-state index < -0.39 is 9.84 Å². The molecule has 2 aromatic rings. The molecule has 0 spiro atoms. The zero-order valence-corrected chi connectivity index (χ0v) is 17.6. The Bertz CT molecular complexity index is 972. The van der Waals surface area contributed by atoms with Gasteiger partial charge in [0.1, 0.15) is 5.75 Å². The molecule has 8 heteroatoms. The summed E-state index contributed by atoms with van der Waals surface area (Å²) in [5.74, 6) is -0.393. The molecule has 0 aliphatic carbocycles. The van der Waals surface area contributed by atoms with Crippen molar-refractivity contribution >= 4 is 21.7 Å². The summed E-state index contributed by atoms with van der Waals surface area (Å²) >= 11 is 0. The SMILES string of the molecule is CCOC(=O)C1CCCN(C(=O)COc2ccc(S(=O)(=O)c3ccccc3)cc2)C1. The maximum atomic E-state index is 12.6. The number of benzene rings is 2. The van der Waals surface area contributed by atoms with Crippen LogP contribution in [0.2, 0.25) is 0 Å². The van der Waals surface area contributed by atoms with Crippen molar-refractivity contribution in [2.45, 2.75) is 29.6 Å². The van der Waals surface area contributed by atoms with Crippen LogP contribution in [0.15, 0.2) is 64.4 Å². The van der Waals surface area contributed by atoms with Crippen LogP contribution in [0.25, 0.3) is 0 Å². The van der Waals surface area contributed by atoms with Gasteiger partial charge in [-0.2, -0.15) is 0 Å². The van der Waals surface area contributed by atoms with E-state index in [-0.39, 0.29) is 34.2 Å². The van der Waals surface area contributed by atoms with Gasteiger partial charge in [0, 0.05) is 13.1 Å². The summed E-state index contributed by atoms with van der Waals surface area (Å²) in [4.78, 5) is 26.4.